The van der Waals surface area contributed by atoms with Crippen molar-refractivity contribution in [1.82, 2.24) is 24.4 Å². The molecule has 1 aliphatic carbocycles. The van der Waals surface area contributed by atoms with Crippen LogP contribution in [0.1, 0.15) is 58.1 Å². The molecule has 10 heteroatoms. The quantitative estimate of drug-likeness (QED) is 0.472. The number of aliphatic hydroxyl groups is 1. The fourth-order valence-corrected chi connectivity index (χ4v) is 4.35. The summed E-state index contributed by atoms with van der Waals surface area (Å²) >= 11 is 0. The Labute approximate surface area is 192 Å². The molecule has 4 rings (SSSR count). The van der Waals surface area contributed by atoms with Gasteiger partial charge in [0.1, 0.15) is 0 Å². The van der Waals surface area contributed by atoms with Gasteiger partial charge in [-0.3, -0.25) is 4.68 Å². The summed E-state index contributed by atoms with van der Waals surface area (Å²) in [5.41, 5.74) is 2.43. The Balaban J connectivity index is 1.77. The molecule has 0 aromatic carbocycles. The predicted molar refractivity (Wildman–Crippen MR) is 123 cm³/mol. The molecule has 0 spiro atoms. The van der Waals surface area contributed by atoms with Crippen molar-refractivity contribution in [2.75, 3.05) is 19.0 Å². The van der Waals surface area contributed by atoms with E-state index in [0.717, 1.165) is 48.0 Å². The molecule has 3 N–H and O–H groups in total. The average Bonchev–Trinajstić information content (AvgIpc) is 3.40. The molecular weight excluding hydrogens is 424 g/mol. The molecule has 3 aromatic heterocycles. The van der Waals surface area contributed by atoms with Crippen LogP contribution in [0.15, 0.2) is 24.7 Å². The van der Waals surface area contributed by atoms with Crippen LogP contribution in [-0.4, -0.2) is 66.4 Å². The van der Waals surface area contributed by atoms with Gasteiger partial charge in [-0.1, -0.05) is 0 Å². The van der Waals surface area contributed by atoms with Crippen LogP contribution in [-0.2, 0) is 15.1 Å². The third kappa shape index (κ3) is 4.58. The van der Waals surface area contributed by atoms with Crippen molar-refractivity contribution in [2.45, 2.75) is 70.1 Å². The summed E-state index contributed by atoms with van der Waals surface area (Å²) in [6.07, 6.45) is 8.26. The molecule has 33 heavy (non-hydrogen) atoms. The normalized spacial score (nSPS) is 20.2. The number of carboxylic acids is 1. The second-order valence-corrected chi connectivity index (χ2v) is 9.41. The molecule has 3 heterocycles. The highest BCUT2D eigenvalue weighted by molar-refractivity contribution is 5.81. The molecule has 0 saturated heterocycles. The first-order valence-corrected chi connectivity index (χ1v) is 11.3. The summed E-state index contributed by atoms with van der Waals surface area (Å²) in [5.74, 6) is -0.183. The highest BCUT2D eigenvalue weighted by atomic mass is 16.5. The molecule has 1 aliphatic rings. The summed E-state index contributed by atoms with van der Waals surface area (Å²) in [5, 5.41) is 31.9. The summed E-state index contributed by atoms with van der Waals surface area (Å²) in [4.78, 5) is 16.2. The number of hydrogen-bond donors (Lipinski definition) is 3. The summed E-state index contributed by atoms with van der Waals surface area (Å²) in [7, 11) is 1.65. The van der Waals surface area contributed by atoms with Crippen LogP contribution in [0.2, 0.25) is 0 Å². The highest BCUT2D eigenvalue weighted by Crippen LogP contribution is 2.37. The van der Waals surface area contributed by atoms with Gasteiger partial charge in [-0.25, -0.2) is 14.3 Å². The van der Waals surface area contributed by atoms with Crippen LogP contribution >= 0.6 is 0 Å². The van der Waals surface area contributed by atoms with E-state index in [2.05, 4.69) is 21.5 Å². The van der Waals surface area contributed by atoms with Crippen molar-refractivity contribution < 1.29 is 19.7 Å². The third-order valence-electron chi connectivity index (χ3n) is 6.44. The number of carbonyl (C=O) groups is 1. The first kappa shape index (κ1) is 23.2. The Morgan fingerprint density at radius 3 is 2.70 bits per heavy atom. The molecular formula is C23H32N6O4. The summed E-state index contributed by atoms with van der Waals surface area (Å²) < 4.78 is 8.59. The maximum atomic E-state index is 11.7. The molecule has 10 nitrogen and oxygen atoms in total. The minimum absolute atomic E-state index is 0.0484. The van der Waals surface area contributed by atoms with Crippen LogP contribution in [0.4, 0.5) is 5.95 Å². The van der Waals surface area contributed by atoms with Crippen LogP contribution in [0.3, 0.4) is 0 Å². The van der Waals surface area contributed by atoms with Crippen molar-refractivity contribution in [3.05, 3.63) is 30.4 Å². The van der Waals surface area contributed by atoms with Gasteiger partial charge < -0.3 is 20.3 Å². The number of hydrogen-bond acceptors (Lipinski definition) is 7. The number of ether oxygens (including phenoxy) is 1. The topological polar surface area (TPSA) is 127 Å². The number of aliphatic carboxylic acids is 1. The maximum Gasteiger partial charge on any atom is 0.331 e. The van der Waals surface area contributed by atoms with E-state index in [0.29, 0.717) is 12.6 Å². The van der Waals surface area contributed by atoms with Crippen molar-refractivity contribution in [1.29, 1.82) is 0 Å². The molecule has 0 amide bonds. The third-order valence-corrected chi connectivity index (χ3v) is 6.44. The SMILES string of the molecule is COC[C@H](C)Nc1ncc2c(-c3cnn(C(C)(C)C(=O)O)c3)cc(C3CCC(O)CC3)n2n1. The number of nitrogens with zero attached hydrogens (tertiary/aromatic N) is 5. The number of nitrogens with one attached hydrogen (secondary N) is 1. The first-order chi connectivity index (χ1) is 15.7. The van der Waals surface area contributed by atoms with E-state index in [1.165, 1.54) is 4.68 Å². The fourth-order valence-electron chi connectivity index (χ4n) is 4.35. The zero-order valence-corrected chi connectivity index (χ0v) is 19.5. The van der Waals surface area contributed by atoms with E-state index in [4.69, 9.17) is 9.84 Å². The van der Waals surface area contributed by atoms with Gasteiger partial charge in [0, 0.05) is 42.1 Å². The van der Waals surface area contributed by atoms with Gasteiger partial charge in [0.25, 0.3) is 0 Å². The molecule has 0 bridgehead atoms. The molecule has 3 aromatic rings. The van der Waals surface area contributed by atoms with Gasteiger partial charge in [0.15, 0.2) is 5.54 Å². The monoisotopic (exact) mass is 456 g/mol. The van der Waals surface area contributed by atoms with E-state index in [1.54, 1.807) is 39.5 Å². The molecule has 1 atom stereocenters. The van der Waals surface area contributed by atoms with E-state index in [1.807, 2.05) is 11.4 Å². The van der Waals surface area contributed by atoms with Crippen LogP contribution in [0.5, 0.6) is 0 Å². The van der Waals surface area contributed by atoms with E-state index < -0.39 is 11.5 Å². The first-order valence-electron chi connectivity index (χ1n) is 11.3. The lowest BCUT2D eigenvalue weighted by molar-refractivity contribution is -0.146. The Hall–Kier alpha value is -2.98. The summed E-state index contributed by atoms with van der Waals surface area (Å²) in [6, 6.07) is 2.15. The second kappa shape index (κ2) is 9.11. The Kier molecular flexibility index (Phi) is 6.40. The Morgan fingerprint density at radius 1 is 1.30 bits per heavy atom. The zero-order valence-electron chi connectivity index (χ0n) is 19.5. The van der Waals surface area contributed by atoms with E-state index >= 15 is 0 Å². The highest BCUT2D eigenvalue weighted by Gasteiger charge is 2.31. The molecule has 0 unspecified atom stereocenters. The van der Waals surface area contributed by atoms with Gasteiger partial charge >= 0.3 is 5.97 Å². The minimum Gasteiger partial charge on any atom is -0.479 e. The number of rotatable bonds is 8. The van der Waals surface area contributed by atoms with Crippen LogP contribution in [0, 0.1) is 0 Å². The van der Waals surface area contributed by atoms with Crippen molar-refractivity contribution in [2.24, 2.45) is 0 Å². The molecule has 0 aliphatic heterocycles. The lowest BCUT2D eigenvalue weighted by Crippen LogP contribution is -2.35. The van der Waals surface area contributed by atoms with Crippen molar-refractivity contribution >= 4 is 17.4 Å². The van der Waals surface area contributed by atoms with Crippen molar-refractivity contribution in [3.8, 4) is 11.1 Å². The molecule has 1 fully saturated rings. The minimum atomic E-state index is -1.17. The summed E-state index contributed by atoms with van der Waals surface area (Å²) in [6.45, 7) is 5.76. The predicted octanol–water partition coefficient (Wildman–Crippen LogP) is 2.88. The van der Waals surface area contributed by atoms with Gasteiger partial charge in [-0.2, -0.15) is 5.10 Å². The second-order valence-electron chi connectivity index (χ2n) is 9.41. The van der Waals surface area contributed by atoms with Crippen LogP contribution < -0.4 is 5.32 Å². The van der Waals surface area contributed by atoms with E-state index in [9.17, 15) is 15.0 Å². The number of carboxylic acid groups (broad SMARTS) is 1. The number of aromatic nitrogens is 5. The Bertz CT molecular complexity index is 1130. The number of anilines is 1. The zero-order chi connectivity index (χ0) is 23.8. The van der Waals surface area contributed by atoms with Crippen molar-refractivity contribution in [3.63, 3.8) is 0 Å². The largest absolute Gasteiger partial charge is 0.479 e. The molecule has 178 valence electrons. The number of fused-ring (bicyclic) bond motifs is 1. The van der Waals surface area contributed by atoms with Gasteiger partial charge in [0.2, 0.25) is 5.95 Å². The smallest absolute Gasteiger partial charge is 0.331 e. The average molecular weight is 457 g/mol. The van der Waals surface area contributed by atoms with Gasteiger partial charge in [-0.05, 0) is 52.5 Å². The fraction of sp³-hybridized carbons (Fsp3) is 0.565. The molecule has 1 saturated carbocycles. The van der Waals surface area contributed by atoms with Gasteiger partial charge in [-0.15, -0.1) is 5.10 Å². The van der Waals surface area contributed by atoms with Gasteiger partial charge in [0.05, 0.1) is 30.6 Å². The van der Waals surface area contributed by atoms with E-state index in [-0.39, 0.29) is 18.1 Å². The maximum absolute atomic E-state index is 11.7. The Morgan fingerprint density at radius 2 is 2.03 bits per heavy atom. The lowest BCUT2D eigenvalue weighted by atomic mass is 9.85. The number of methoxy groups -OCH3 is 1. The molecule has 0 radical (unpaired) electrons. The lowest BCUT2D eigenvalue weighted by Gasteiger charge is -2.25. The standard InChI is InChI=1S/C23H32N6O4/c1-14(13-33-4)26-22-24-11-20-18(16-10-25-28(12-16)23(2,3)21(31)32)9-19(29(20)27-22)15-5-7-17(30)8-6-15/h9-12,14-15,17,30H,5-8,13H2,1-4H3,(H,26,27)(H,31,32)/t14-,15?,17?/m0/s1. The number of aliphatic hydroxyl groups excluding tert-OH is 1. The van der Waals surface area contributed by atoms with Crippen LogP contribution in [0.25, 0.3) is 16.6 Å².